The molecule has 0 aliphatic rings. The van der Waals surface area contributed by atoms with Gasteiger partial charge in [0.25, 0.3) is 0 Å². The van der Waals surface area contributed by atoms with Gasteiger partial charge in [-0.15, -0.1) is 0 Å². The Kier molecular flexibility index (Phi) is 4.86. The van der Waals surface area contributed by atoms with E-state index in [9.17, 15) is 4.79 Å². The molecule has 0 amide bonds. The number of nitrogens with zero attached hydrogens (tertiary/aromatic N) is 1. The molecule has 0 fully saturated rings. The lowest BCUT2D eigenvalue weighted by molar-refractivity contribution is 0.0697. The van der Waals surface area contributed by atoms with Crippen molar-refractivity contribution >= 4 is 11.7 Å². The van der Waals surface area contributed by atoms with E-state index in [2.05, 4.69) is 10.3 Å². The molecule has 1 unspecified atom stereocenters. The highest BCUT2D eigenvalue weighted by atomic mass is 16.5. The summed E-state index contributed by atoms with van der Waals surface area (Å²) in [6.45, 7) is 1.91. The topological polar surface area (TPSA) is 91.7 Å². The summed E-state index contributed by atoms with van der Waals surface area (Å²) in [4.78, 5) is 14.9. The van der Waals surface area contributed by atoms with Crippen molar-refractivity contribution in [3.8, 4) is 0 Å². The number of nitrogens with one attached hydrogen (secondary N) is 1. The van der Waals surface area contributed by atoms with Crippen molar-refractivity contribution in [3.63, 3.8) is 0 Å². The van der Waals surface area contributed by atoms with E-state index in [1.54, 1.807) is 13.0 Å². The van der Waals surface area contributed by atoms with Crippen molar-refractivity contribution in [1.82, 2.24) is 4.98 Å². The highest BCUT2D eigenvalue weighted by Crippen LogP contribution is 2.16. The van der Waals surface area contributed by atoms with Gasteiger partial charge in [0.1, 0.15) is 5.56 Å². The maximum absolute atomic E-state index is 11.0. The fourth-order valence-electron chi connectivity index (χ4n) is 1.41. The summed E-state index contributed by atoms with van der Waals surface area (Å²) < 4.78 is 4.91. The Morgan fingerprint density at radius 1 is 1.65 bits per heavy atom. The first kappa shape index (κ1) is 13.4. The van der Waals surface area contributed by atoms with E-state index < -0.39 is 5.97 Å². The van der Waals surface area contributed by atoms with Crippen LogP contribution >= 0.6 is 0 Å². The number of hydrogen-bond acceptors (Lipinski definition) is 5. The van der Waals surface area contributed by atoms with Crippen molar-refractivity contribution < 1.29 is 19.7 Å². The first-order valence-corrected chi connectivity index (χ1v) is 5.14. The van der Waals surface area contributed by atoms with Gasteiger partial charge in [-0.2, -0.15) is 0 Å². The Morgan fingerprint density at radius 3 is 2.88 bits per heavy atom. The molecule has 0 saturated carbocycles. The van der Waals surface area contributed by atoms with Crippen LogP contribution in [0.15, 0.2) is 12.3 Å². The zero-order valence-corrected chi connectivity index (χ0v) is 9.80. The van der Waals surface area contributed by atoms with Crippen LogP contribution in [0.4, 0.5) is 5.69 Å². The van der Waals surface area contributed by atoms with Crippen molar-refractivity contribution in [2.75, 3.05) is 25.6 Å². The number of aliphatic hydroxyl groups excluding tert-OH is 1. The number of carboxylic acids is 1. The van der Waals surface area contributed by atoms with Gasteiger partial charge in [-0.3, -0.25) is 4.98 Å². The van der Waals surface area contributed by atoms with E-state index in [0.717, 1.165) is 0 Å². The van der Waals surface area contributed by atoms with Gasteiger partial charge in [0.2, 0.25) is 0 Å². The molecule has 0 bridgehead atoms. The van der Waals surface area contributed by atoms with E-state index in [4.69, 9.17) is 14.9 Å². The van der Waals surface area contributed by atoms with Gasteiger partial charge in [0.15, 0.2) is 0 Å². The number of aryl methyl sites for hydroxylation is 1. The third-order valence-corrected chi connectivity index (χ3v) is 2.22. The molecule has 0 aliphatic carbocycles. The number of pyridine rings is 1. The normalized spacial score (nSPS) is 12.2. The largest absolute Gasteiger partial charge is 0.478 e. The standard InChI is InChI=1S/C11H16N2O4/c1-7-3-10(9(4-12-7)11(15)16)13-8(5-14)6-17-2/h3-4,8,14H,5-6H2,1-2H3,(H,12,13)(H,15,16). The van der Waals surface area contributed by atoms with Crippen LogP contribution in [-0.2, 0) is 4.74 Å². The summed E-state index contributed by atoms with van der Waals surface area (Å²) in [5.74, 6) is -1.06. The van der Waals surface area contributed by atoms with Gasteiger partial charge >= 0.3 is 5.97 Å². The second kappa shape index (κ2) is 6.17. The summed E-state index contributed by atoms with van der Waals surface area (Å²) in [5.41, 5.74) is 1.21. The molecule has 1 heterocycles. The number of carboxylic acid groups (broad SMARTS) is 1. The molecular formula is C11H16N2O4. The van der Waals surface area contributed by atoms with Crippen LogP contribution in [-0.4, -0.2) is 47.5 Å². The first-order valence-electron chi connectivity index (χ1n) is 5.14. The Bertz CT molecular complexity index is 395. The van der Waals surface area contributed by atoms with E-state index in [0.29, 0.717) is 11.4 Å². The quantitative estimate of drug-likeness (QED) is 0.671. The van der Waals surface area contributed by atoms with Crippen LogP contribution in [0.3, 0.4) is 0 Å². The highest BCUT2D eigenvalue weighted by Gasteiger charge is 2.14. The number of hydrogen-bond donors (Lipinski definition) is 3. The third-order valence-electron chi connectivity index (χ3n) is 2.22. The molecule has 0 spiro atoms. The van der Waals surface area contributed by atoms with E-state index >= 15 is 0 Å². The van der Waals surface area contributed by atoms with E-state index in [1.807, 2.05) is 0 Å². The van der Waals surface area contributed by atoms with E-state index in [1.165, 1.54) is 13.3 Å². The number of ether oxygens (including phenoxy) is 1. The van der Waals surface area contributed by atoms with Gasteiger partial charge in [-0.05, 0) is 13.0 Å². The van der Waals surface area contributed by atoms with Crippen LogP contribution < -0.4 is 5.32 Å². The number of methoxy groups -OCH3 is 1. The van der Waals surface area contributed by atoms with Crippen molar-refractivity contribution in [1.29, 1.82) is 0 Å². The van der Waals surface area contributed by atoms with E-state index in [-0.39, 0.29) is 24.8 Å². The second-order valence-corrected chi connectivity index (χ2v) is 3.66. The monoisotopic (exact) mass is 240 g/mol. The lowest BCUT2D eigenvalue weighted by Gasteiger charge is -2.18. The Morgan fingerprint density at radius 2 is 2.35 bits per heavy atom. The number of carbonyl (C=O) groups is 1. The minimum atomic E-state index is -1.06. The minimum Gasteiger partial charge on any atom is -0.478 e. The zero-order valence-electron chi connectivity index (χ0n) is 9.80. The van der Waals surface area contributed by atoms with Crippen LogP contribution in [0, 0.1) is 6.92 Å². The van der Waals surface area contributed by atoms with Gasteiger partial charge in [0, 0.05) is 19.0 Å². The maximum atomic E-state index is 11.0. The molecule has 1 atom stereocenters. The molecule has 94 valence electrons. The van der Waals surface area contributed by atoms with Crippen LogP contribution in [0.2, 0.25) is 0 Å². The highest BCUT2D eigenvalue weighted by molar-refractivity contribution is 5.93. The van der Waals surface area contributed by atoms with Gasteiger partial charge in [-0.1, -0.05) is 0 Å². The van der Waals surface area contributed by atoms with Crippen molar-refractivity contribution in [2.45, 2.75) is 13.0 Å². The fraction of sp³-hybridized carbons (Fsp3) is 0.455. The number of anilines is 1. The van der Waals surface area contributed by atoms with Gasteiger partial charge < -0.3 is 20.3 Å². The van der Waals surface area contributed by atoms with Gasteiger partial charge in [0.05, 0.1) is 24.9 Å². The summed E-state index contributed by atoms with van der Waals surface area (Å²) in [7, 11) is 1.51. The molecule has 3 N–H and O–H groups in total. The number of rotatable bonds is 6. The molecule has 0 saturated heterocycles. The summed E-state index contributed by atoms with van der Waals surface area (Å²) in [5, 5.41) is 21.0. The predicted molar refractivity (Wildman–Crippen MR) is 62.3 cm³/mol. The summed E-state index contributed by atoms with van der Waals surface area (Å²) in [6.07, 6.45) is 1.29. The Balaban J connectivity index is 2.94. The smallest absolute Gasteiger partial charge is 0.339 e. The SMILES string of the molecule is COCC(CO)Nc1cc(C)ncc1C(=O)O. The van der Waals surface area contributed by atoms with Crippen LogP contribution in [0.5, 0.6) is 0 Å². The molecule has 1 aromatic heterocycles. The predicted octanol–water partition coefficient (Wildman–Crippen LogP) is 0.507. The van der Waals surface area contributed by atoms with Crippen molar-refractivity contribution in [2.24, 2.45) is 0 Å². The number of aliphatic hydroxyl groups is 1. The molecule has 1 rings (SSSR count). The molecule has 0 radical (unpaired) electrons. The third kappa shape index (κ3) is 3.69. The molecule has 0 aromatic carbocycles. The zero-order chi connectivity index (χ0) is 12.8. The van der Waals surface area contributed by atoms with Crippen LogP contribution in [0.1, 0.15) is 16.1 Å². The Hall–Kier alpha value is -1.66. The molecule has 6 heteroatoms. The van der Waals surface area contributed by atoms with Crippen molar-refractivity contribution in [3.05, 3.63) is 23.5 Å². The molecule has 17 heavy (non-hydrogen) atoms. The summed E-state index contributed by atoms with van der Waals surface area (Å²) in [6, 6.07) is 1.28. The second-order valence-electron chi connectivity index (χ2n) is 3.66. The number of aromatic nitrogens is 1. The molecular weight excluding hydrogens is 224 g/mol. The van der Waals surface area contributed by atoms with Gasteiger partial charge in [-0.25, -0.2) is 4.79 Å². The molecule has 1 aromatic rings. The average molecular weight is 240 g/mol. The lowest BCUT2D eigenvalue weighted by Crippen LogP contribution is -2.29. The molecule has 6 nitrogen and oxygen atoms in total. The first-order chi connectivity index (χ1) is 8.08. The number of aromatic carboxylic acids is 1. The lowest BCUT2D eigenvalue weighted by atomic mass is 10.2. The maximum Gasteiger partial charge on any atom is 0.339 e. The Labute approximate surface area is 99.3 Å². The average Bonchev–Trinajstić information content (AvgIpc) is 2.28. The molecule has 0 aliphatic heterocycles. The van der Waals surface area contributed by atoms with Crippen LogP contribution in [0.25, 0.3) is 0 Å². The minimum absolute atomic E-state index is 0.0742. The fourth-order valence-corrected chi connectivity index (χ4v) is 1.41. The summed E-state index contributed by atoms with van der Waals surface area (Å²) >= 11 is 0.